The first-order valence-corrected chi connectivity index (χ1v) is 6.79. The van der Waals surface area contributed by atoms with Crippen LogP contribution in [0.3, 0.4) is 0 Å². The van der Waals surface area contributed by atoms with Crippen LogP contribution in [-0.4, -0.2) is 14.3 Å². The molecule has 0 fully saturated rings. The van der Waals surface area contributed by atoms with Gasteiger partial charge in [-0.2, -0.15) is 8.42 Å². The SMILES string of the molecule is NC(=O)c1ccc(S(=O)(=O)Oc2ccccc2)cc1. The fraction of sp³-hybridized carbons (Fsp3) is 0. The zero-order valence-electron chi connectivity index (χ0n) is 9.81. The summed E-state index contributed by atoms with van der Waals surface area (Å²) in [6.07, 6.45) is 0. The van der Waals surface area contributed by atoms with Gasteiger partial charge in [-0.15, -0.1) is 0 Å². The molecule has 0 radical (unpaired) electrons. The molecule has 2 rings (SSSR count). The van der Waals surface area contributed by atoms with Gasteiger partial charge in [-0.3, -0.25) is 4.79 Å². The Balaban J connectivity index is 2.27. The molecule has 0 spiro atoms. The maximum absolute atomic E-state index is 11.9. The van der Waals surface area contributed by atoms with E-state index in [1.165, 1.54) is 36.4 Å². The summed E-state index contributed by atoms with van der Waals surface area (Å²) in [5.41, 5.74) is 5.31. The zero-order valence-corrected chi connectivity index (χ0v) is 10.6. The third kappa shape index (κ3) is 3.11. The van der Waals surface area contributed by atoms with Crippen LogP contribution in [0.15, 0.2) is 59.5 Å². The Hall–Kier alpha value is -2.34. The Morgan fingerprint density at radius 3 is 2.05 bits per heavy atom. The fourth-order valence-electron chi connectivity index (χ4n) is 1.44. The van der Waals surface area contributed by atoms with Gasteiger partial charge in [0.15, 0.2) is 0 Å². The van der Waals surface area contributed by atoms with Crippen LogP contribution in [0.1, 0.15) is 10.4 Å². The Kier molecular flexibility index (Phi) is 3.52. The smallest absolute Gasteiger partial charge is 0.339 e. The van der Waals surface area contributed by atoms with E-state index in [9.17, 15) is 13.2 Å². The van der Waals surface area contributed by atoms with Crippen LogP contribution in [0, 0.1) is 0 Å². The predicted molar refractivity (Wildman–Crippen MR) is 69.2 cm³/mol. The monoisotopic (exact) mass is 277 g/mol. The van der Waals surface area contributed by atoms with E-state index < -0.39 is 16.0 Å². The lowest BCUT2D eigenvalue weighted by atomic mass is 10.2. The van der Waals surface area contributed by atoms with E-state index in [0.717, 1.165) is 0 Å². The molecule has 2 aromatic rings. The van der Waals surface area contributed by atoms with Crippen LogP contribution in [0.4, 0.5) is 0 Å². The maximum atomic E-state index is 11.9. The number of hydrogen-bond acceptors (Lipinski definition) is 4. The van der Waals surface area contributed by atoms with Gasteiger partial charge in [-0.25, -0.2) is 0 Å². The number of nitrogens with two attached hydrogens (primary N) is 1. The number of carbonyl (C=O) groups is 1. The second kappa shape index (κ2) is 5.11. The zero-order chi connectivity index (χ0) is 13.9. The van der Waals surface area contributed by atoms with Gasteiger partial charge in [-0.1, -0.05) is 18.2 Å². The molecule has 19 heavy (non-hydrogen) atoms. The van der Waals surface area contributed by atoms with Crippen molar-refractivity contribution in [3.05, 3.63) is 60.2 Å². The Morgan fingerprint density at radius 1 is 0.947 bits per heavy atom. The quantitative estimate of drug-likeness (QED) is 0.859. The first kappa shape index (κ1) is 13.1. The van der Waals surface area contributed by atoms with Crippen LogP contribution >= 0.6 is 0 Å². The summed E-state index contributed by atoms with van der Waals surface area (Å²) in [6, 6.07) is 13.4. The van der Waals surface area contributed by atoms with Crippen molar-refractivity contribution >= 4 is 16.0 Å². The lowest BCUT2D eigenvalue weighted by Gasteiger charge is -2.06. The molecule has 5 nitrogen and oxygen atoms in total. The highest BCUT2D eigenvalue weighted by Crippen LogP contribution is 2.18. The van der Waals surface area contributed by atoms with Crippen molar-refractivity contribution in [2.24, 2.45) is 5.73 Å². The van der Waals surface area contributed by atoms with Crippen molar-refractivity contribution < 1.29 is 17.4 Å². The van der Waals surface area contributed by atoms with E-state index in [1.807, 2.05) is 0 Å². The summed E-state index contributed by atoms with van der Waals surface area (Å²) >= 11 is 0. The van der Waals surface area contributed by atoms with E-state index in [1.54, 1.807) is 18.2 Å². The normalized spacial score (nSPS) is 10.9. The van der Waals surface area contributed by atoms with Gasteiger partial charge in [0.05, 0.1) is 0 Å². The minimum absolute atomic E-state index is 0.0404. The summed E-state index contributed by atoms with van der Waals surface area (Å²) in [4.78, 5) is 10.9. The Bertz CT molecular complexity index is 678. The van der Waals surface area contributed by atoms with E-state index in [0.29, 0.717) is 0 Å². The van der Waals surface area contributed by atoms with Crippen molar-refractivity contribution in [1.29, 1.82) is 0 Å². The molecular formula is C13H11NO4S. The van der Waals surface area contributed by atoms with Crippen LogP contribution in [0.2, 0.25) is 0 Å². The Labute approximate surface area is 110 Å². The predicted octanol–water partition coefficient (Wildman–Crippen LogP) is 1.55. The highest BCUT2D eigenvalue weighted by atomic mass is 32.2. The largest absolute Gasteiger partial charge is 0.379 e. The van der Waals surface area contributed by atoms with E-state index >= 15 is 0 Å². The average Bonchev–Trinajstić information content (AvgIpc) is 2.39. The first-order valence-electron chi connectivity index (χ1n) is 5.38. The molecule has 2 N–H and O–H groups in total. The molecule has 0 aliphatic rings. The van der Waals surface area contributed by atoms with Crippen LogP contribution in [-0.2, 0) is 10.1 Å². The number of primary amides is 1. The van der Waals surface area contributed by atoms with Crippen molar-refractivity contribution in [3.8, 4) is 5.75 Å². The van der Waals surface area contributed by atoms with Gasteiger partial charge >= 0.3 is 10.1 Å². The summed E-state index contributed by atoms with van der Waals surface area (Å²) in [7, 11) is -3.91. The minimum atomic E-state index is -3.91. The van der Waals surface area contributed by atoms with Crippen LogP contribution in [0.25, 0.3) is 0 Å². The fourth-order valence-corrected chi connectivity index (χ4v) is 2.37. The molecule has 0 unspecified atom stereocenters. The van der Waals surface area contributed by atoms with Gasteiger partial charge in [0.1, 0.15) is 10.6 Å². The molecular weight excluding hydrogens is 266 g/mol. The van der Waals surface area contributed by atoms with Gasteiger partial charge in [0, 0.05) is 5.56 Å². The lowest BCUT2D eigenvalue weighted by Crippen LogP contribution is -2.12. The molecule has 0 atom stereocenters. The van der Waals surface area contributed by atoms with Gasteiger partial charge in [0.2, 0.25) is 5.91 Å². The van der Waals surface area contributed by atoms with Crippen molar-refractivity contribution in [3.63, 3.8) is 0 Å². The molecule has 0 saturated carbocycles. The maximum Gasteiger partial charge on any atom is 0.339 e. The number of amides is 1. The molecule has 2 aromatic carbocycles. The molecule has 0 aliphatic heterocycles. The van der Waals surface area contributed by atoms with Crippen LogP contribution < -0.4 is 9.92 Å². The van der Waals surface area contributed by atoms with Crippen LogP contribution in [0.5, 0.6) is 5.75 Å². The topological polar surface area (TPSA) is 86.5 Å². The average molecular weight is 277 g/mol. The minimum Gasteiger partial charge on any atom is -0.379 e. The highest BCUT2D eigenvalue weighted by molar-refractivity contribution is 7.87. The molecule has 6 heteroatoms. The number of para-hydroxylation sites is 1. The second-order valence-electron chi connectivity index (χ2n) is 3.74. The third-order valence-corrected chi connectivity index (χ3v) is 3.64. The van der Waals surface area contributed by atoms with Crippen molar-refractivity contribution in [2.45, 2.75) is 4.90 Å². The van der Waals surface area contributed by atoms with E-state index in [2.05, 4.69) is 0 Å². The summed E-state index contributed by atoms with van der Waals surface area (Å²) in [6.45, 7) is 0. The van der Waals surface area contributed by atoms with Crippen molar-refractivity contribution in [2.75, 3.05) is 0 Å². The third-order valence-electron chi connectivity index (χ3n) is 2.38. The Morgan fingerprint density at radius 2 is 1.53 bits per heavy atom. The molecule has 0 bridgehead atoms. The molecule has 0 saturated heterocycles. The summed E-state index contributed by atoms with van der Waals surface area (Å²) < 4.78 is 28.8. The molecule has 0 heterocycles. The highest BCUT2D eigenvalue weighted by Gasteiger charge is 2.16. The van der Waals surface area contributed by atoms with E-state index in [-0.39, 0.29) is 16.2 Å². The lowest BCUT2D eigenvalue weighted by molar-refractivity contribution is 0.1000. The summed E-state index contributed by atoms with van der Waals surface area (Å²) in [5.74, 6) is -0.394. The number of rotatable bonds is 4. The second-order valence-corrected chi connectivity index (χ2v) is 5.29. The van der Waals surface area contributed by atoms with E-state index in [4.69, 9.17) is 9.92 Å². The number of carbonyl (C=O) groups excluding carboxylic acids is 1. The van der Waals surface area contributed by atoms with Gasteiger partial charge < -0.3 is 9.92 Å². The first-order chi connectivity index (χ1) is 8.99. The molecule has 98 valence electrons. The van der Waals surface area contributed by atoms with Gasteiger partial charge in [0.25, 0.3) is 0 Å². The number of hydrogen-bond donors (Lipinski definition) is 1. The molecule has 0 aliphatic carbocycles. The molecule has 1 amide bonds. The van der Waals surface area contributed by atoms with Gasteiger partial charge in [-0.05, 0) is 36.4 Å². The van der Waals surface area contributed by atoms with Crippen molar-refractivity contribution in [1.82, 2.24) is 0 Å². The summed E-state index contributed by atoms with van der Waals surface area (Å²) in [5, 5.41) is 0. The number of benzene rings is 2. The standard InChI is InChI=1S/C13H11NO4S/c14-13(15)10-6-8-12(9-7-10)19(16,17)18-11-4-2-1-3-5-11/h1-9H,(H2,14,15). The molecule has 0 aromatic heterocycles.